The fraction of sp³-hybridized carbons (Fsp3) is 0.364. The van der Waals surface area contributed by atoms with Gasteiger partial charge in [-0.15, -0.1) is 11.3 Å². The third-order valence-corrected chi connectivity index (χ3v) is 3.89. The molecule has 0 fully saturated rings. The highest BCUT2D eigenvalue weighted by Crippen LogP contribution is 2.28. The Kier molecular flexibility index (Phi) is 4.33. The first kappa shape index (κ1) is 12.8. The van der Waals surface area contributed by atoms with Gasteiger partial charge in [0.2, 0.25) is 0 Å². The maximum Gasteiger partial charge on any atom is 0.136 e. The molecule has 0 aliphatic rings. The molecule has 0 bridgehead atoms. The van der Waals surface area contributed by atoms with E-state index in [1.165, 1.54) is 0 Å². The van der Waals surface area contributed by atoms with Crippen molar-refractivity contribution in [2.75, 3.05) is 13.6 Å². The molecule has 2 N–H and O–H groups in total. The van der Waals surface area contributed by atoms with Crippen molar-refractivity contribution in [3.8, 4) is 0 Å². The maximum atomic E-state index is 5.82. The third-order valence-electron chi connectivity index (χ3n) is 2.60. The monoisotopic (exact) mass is 315 g/mol. The molecule has 2 aromatic rings. The molecule has 0 aromatic carbocycles. The molecule has 17 heavy (non-hydrogen) atoms. The smallest absolute Gasteiger partial charge is 0.136 e. The number of nitrogens with zero attached hydrogens (tertiary/aromatic N) is 2. The topological polar surface area (TPSA) is 55.3 Å². The lowest BCUT2D eigenvalue weighted by atomic mass is 10.2. The Morgan fingerprint density at radius 2 is 2.47 bits per heavy atom. The molecular formula is C11H14BrN3OS. The van der Waals surface area contributed by atoms with Gasteiger partial charge in [-0.3, -0.25) is 4.90 Å². The normalized spacial score (nSPS) is 13.2. The molecule has 2 rings (SSSR count). The van der Waals surface area contributed by atoms with Crippen LogP contribution in [0.1, 0.15) is 17.5 Å². The van der Waals surface area contributed by atoms with Crippen LogP contribution in [0.3, 0.4) is 0 Å². The number of thiazole rings is 1. The van der Waals surface area contributed by atoms with E-state index in [2.05, 4.69) is 25.8 Å². The first-order chi connectivity index (χ1) is 8.22. The molecule has 0 aliphatic carbocycles. The molecule has 2 aromatic heterocycles. The highest BCUT2D eigenvalue weighted by Gasteiger charge is 2.21. The summed E-state index contributed by atoms with van der Waals surface area (Å²) in [6.45, 7) is 1.27. The lowest BCUT2D eigenvalue weighted by molar-refractivity contribution is 0.210. The van der Waals surface area contributed by atoms with Crippen molar-refractivity contribution in [1.82, 2.24) is 9.88 Å². The van der Waals surface area contributed by atoms with Crippen LogP contribution >= 0.6 is 27.3 Å². The van der Waals surface area contributed by atoms with E-state index in [0.717, 1.165) is 22.5 Å². The van der Waals surface area contributed by atoms with Gasteiger partial charge in [-0.1, -0.05) is 0 Å². The van der Waals surface area contributed by atoms with Crippen LogP contribution in [-0.2, 0) is 6.54 Å². The fourth-order valence-corrected chi connectivity index (χ4v) is 2.73. The fourth-order valence-electron chi connectivity index (χ4n) is 1.71. The molecule has 6 heteroatoms. The zero-order valence-corrected chi connectivity index (χ0v) is 11.9. The molecule has 4 nitrogen and oxygen atoms in total. The molecular weight excluding hydrogens is 302 g/mol. The standard InChI is InChI=1S/C11H14BrN3OS/c1-15(5-8-6-17-7-14-8)10(4-13)11-9(12)2-3-16-11/h2-3,6-7,10H,4-5,13H2,1H3. The zero-order valence-electron chi connectivity index (χ0n) is 9.47. The van der Waals surface area contributed by atoms with Gasteiger partial charge < -0.3 is 10.2 Å². The predicted octanol–water partition coefficient (Wildman–Crippen LogP) is 2.63. The molecule has 0 spiro atoms. The summed E-state index contributed by atoms with van der Waals surface area (Å²) < 4.78 is 6.43. The lowest BCUT2D eigenvalue weighted by Crippen LogP contribution is -2.30. The van der Waals surface area contributed by atoms with E-state index in [4.69, 9.17) is 10.2 Å². The molecule has 1 unspecified atom stereocenters. The van der Waals surface area contributed by atoms with Gasteiger partial charge in [-0.05, 0) is 29.0 Å². The minimum atomic E-state index is 0.0566. The van der Waals surface area contributed by atoms with Gasteiger partial charge in [0.15, 0.2) is 0 Å². The van der Waals surface area contributed by atoms with E-state index < -0.39 is 0 Å². The summed E-state index contributed by atoms with van der Waals surface area (Å²) in [6, 6.07) is 1.94. The van der Waals surface area contributed by atoms with Crippen LogP contribution in [0.4, 0.5) is 0 Å². The number of halogens is 1. The first-order valence-electron chi connectivity index (χ1n) is 5.22. The molecule has 1 atom stereocenters. The molecule has 0 aliphatic heterocycles. The van der Waals surface area contributed by atoms with Crippen molar-refractivity contribution in [3.05, 3.63) is 39.1 Å². The maximum absolute atomic E-state index is 5.82. The van der Waals surface area contributed by atoms with E-state index in [1.807, 2.05) is 24.0 Å². The molecule has 2 heterocycles. The molecule has 0 radical (unpaired) electrons. The predicted molar refractivity (Wildman–Crippen MR) is 71.8 cm³/mol. The van der Waals surface area contributed by atoms with E-state index in [0.29, 0.717) is 6.54 Å². The Morgan fingerprint density at radius 3 is 3.00 bits per heavy atom. The highest BCUT2D eigenvalue weighted by atomic mass is 79.9. The summed E-state index contributed by atoms with van der Waals surface area (Å²) in [6.07, 6.45) is 1.67. The average molecular weight is 316 g/mol. The summed E-state index contributed by atoms with van der Waals surface area (Å²) >= 11 is 5.06. The van der Waals surface area contributed by atoms with Crippen LogP contribution in [0.5, 0.6) is 0 Å². The summed E-state index contributed by atoms with van der Waals surface area (Å²) in [7, 11) is 2.02. The minimum absolute atomic E-state index is 0.0566. The zero-order chi connectivity index (χ0) is 12.3. The number of rotatable bonds is 5. The van der Waals surface area contributed by atoms with Gasteiger partial charge in [-0.2, -0.15) is 0 Å². The Balaban J connectivity index is 2.11. The molecule has 0 amide bonds. The van der Waals surface area contributed by atoms with Crippen molar-refractivity contribution in [3.63, 3.8) is 0 Å². The summed E-state index contributed by atoms with van der Waals surface area (Å²) in [5, 5.41) is 2.04. The van der Waals surface area contributed by atoms with Crippen molar-refractivity contribution in [2.24, 2.45) is 5.73 Å². The number of furan rings is 1. The van der Waals surface area contributed by atoms with Crippen LogP contribution in [0, 0.1) is 0 Å². The lowest BCUT2D eigenvalue weighted by Gasteiger charge is -2.24. The summed E-state index contributed by atoms with van der Waals surface area (Å²) in [4.78, 5) is 6.41. The quantitative estimate of drug-likeness (QED) is 0.921. The Morgan fingerprint density at radius 1 is 1.65 bits per heavy atom. The number of aromatic nitrogens is 1. The summed E-state index contributed by atoms with van der Waals surface area (Å²) in [5.41, 5.74) is 8.71. The van der Waals surface area contributed by atoms with Gasteiger partial charge in [0.25, 0.3) is 0 Å². The highest BCUT2D eigenvalue weighted by molar-refractivity contribution is 9.10. The summed E-state index contributed by atoms with van der Waals surface area (Å²) in [5.74, 6) is 0.866. The van der Waals surface area contributed by atoms with Crippen LogP contribution in [-0.4, -0.2) is 23.5 Å². The van der Waals surface area contributed by atoms with Gasteiger partial charge in [0, 0.05) is 18.5 Å². The minimum Gasteiger partial charge on any atom is -0.466 e. The Labute approximate surface area is 113 Å². The Hall–Kier alpha value is -0.690. The number of likely N-dealkylation sites (N-methyl/N-ethyl adjacent to an activating group) is 1. The van der Waals surface area contributed by atoms with E-state index in [-0.39, 0.29) is 6.04 Å². The van der Waals surface area contributed by atoms with Crippen LogP contribution < -0.4 is 5.73 Å². The SMILES string of the molecule is CN(Cc1cscn1)C(CN)c1occc1Br. The van der Waals surface area contributed by atoms with E-state index in [1.54, 1.807) is 17.6 Å². The van der Waals surface area contributed by atoms with Crippen LogP contribution in [0.25, 0.3) is 0 Å². The largest absolute Gasteiger partial charge is 0.466 e. The number of nitrogens with two attached hydrogens (primary N) is 1. The van der Waals surface area contributed by atoms with Crippen LogP contribution in [0.15, 0.2) is 32.1 Å². The van der Waals surface area contributed by atoms with Gasteiger partial charge in [-0.25, -0.2) is 4.98 Å². The van der Waals surface area contributed by atoms with Gasteiger partial charge in [0.05, 0.1) is 28.0 Å². The van der Waals surface area contributed by atoms with Gasteiger partial charge >= 0.3 is 0 Å². The molecule has 0 saturated heterocycles. The Bertz CT molecular complexity index is 457. The second-order valence-corrected chi connectivity index (χ2v) is 5.35. The average Bonchev–Trinajstić information content (AvgIpc) is 2.92. The van der Waals surface area contributed by atoms with Gasteiger partial charge in [0.1, 0.15) is 5.76 Å². The van der Waals surface area contributed by atoms with Crippen molar-refractivity contribution in [1.29, 1.82) is 0 Å². The third kappa shape index (κ3) is 2.95. The second kappa shape index (κ2) is 5.77. The molecule has 0 saturated carbocycles. The number of hydrogen-bond acceptors (Lipinski definition) is 5. The first-order valence-corrected chi connectivity index (χ1v) is 6.96. The number of hydrogen-bond donors (Lipinski definition) is 1. The van der Waals surface area contributed by atoms with E-state index in [9.17, 15) is 0 Å². The van der Waals surface area contributed by atoms with Crippen LogP contribution in [0.2, 0.25) is 0 Å². The van der Waals surface area contributed by atoms with Crippen molar-refractivity contribution >= 4 is 27.3 Å². The second-order valence-electron chi connectivity index (χ2n) is 3.78. The van der Waals surface area contributed by atoms with Crippen molar-refractivity contribution in [2.45, 2.75) is 12.6 Å². The van der Waals surface area contributed by atoms with Crippen molar-refractivity contribution < 1.29 is 4.42 Å². The van der Waals surface area contributed by atoms with E-state index >= 15 is 0 Å². The molecule has 92 valence electrons.